The van der Waals surface area contributed by atoms with E-state index in [2.05, 4.69) is 11.8 Å². The minimum Gasteiger partial charge on any atom is -0.469 e. The molecule has 0 spiro atoms. The van der Waals surface area contributed by atoms with Gasteiger partial charge >= 0.3 is 5.97 Å². The highest BCUT2D eigenvalue weighted by Gasteiger charge is 2.16. The summed E-state index contributed by atoms with van der Waals surface area (Å²) in [6.45, 7) is 1.04. The van der Waals surface area contributed by atoms with Crippen LogP contribution in [0, 0.1) is 11.8 Å². The number of hydrogen-bond donors (Lipinski definition) is 0. The quantitative estimate of drug-likeness (QED) is 0.271. The van der Waals surface area contributed by atoms with Crippen LogP contribution in [0.25, 0.3) is 0 Å². The molecule has 0 N–H and O–H groups in total. The molecule has 0 bridgehead atoms. The molecule has 0 aliphatic heterocycles. The first-order valence-corrected chi connectivity index (χ1v) is 9.54. The minimum absolute atomic E-state index is 0.0999. The second-order valence-corrected chi connectivity index (χ2v) is 6.53. The lowest BCUT2D eigenvalue weighted by Crippen LogP contribution is -2.23. The predicted octanol–water partition coefficient (Wildman–Crippen LogP) is 3.26. The average Bonchev–Trinajstić information content (AvgIpc) is 3.20. The van der Waals surface area contributed by atoms with E-state index >= 15 is 0 Å². The first kappa shape index (κ1) is 21.1. The lowest BCUT2D eigenvalue weighted by atomic mass is 10.0. The molecule has 0 amide bonds. The SMILES string of the molecule is COCCOCO[C@H](CC(=O)OC)Cc1cccc(C#Cc2ccsc2)c1. The Bertz CT molecular complexity index is 745. The molecule has 5 nitrogen and oxygen atoms in total. The summed E-state index contributed by atoms with van der Waals surface area (Å²) in [7, 11) is 2.98. The predicted molar refractivity (Wildman–Crippen MR) is 105 cm³/mol. The van der Waals surface area contributed by atoms with Crippen LogP contribution in [0.2, 0.25) is 0 Å². The first-order chi connectivity index (χ1) is 13.2. The Hall–Kier alpha value is -2.17. The van der Waals surface area contributed by atoms with E-state index in [0.29, 0.717) is 19.6 Å². The number of esters is 1. The van der Waals surface area contributed by atoms with Crippen LogP contribution < -0.4 is 0 Å². The van der Waals surface area contributed by atoms with Gasteiger partial charge in [-0.3, -0.25) is 4.79 Å². The maximum absolute atomic E-state index is 11.7. The molecule has 2 rings (SSSR count). The summed E-state index contributed by atoms with van der Waals surface area (Å²) in [4.78, 5) is 11.7. The molecule has 1 aromatic heterocycles. The zero-order valence-electron chi connectivity index (χ0n) is 15.6. The maximum atomic E-state index is 11.7. The molecule has 1 aromatic carbocycles. The highest BCUT2D eigenvalue weighted by molar-refractivity contribution is 7.08. The van der Waals surface area contributed by atoms with Crippen molar-refractivity contribution in [2.75, 3.05) is 34.2 Å². The van der Waals surface area contributed by atoms with E-state index in [4.69, 9.17) is 18.9 Å². The van der Waals surface area contributed by atoms with Crippen LogP contribution in [0.15, 0.2) is 41.1 Å². The molecule has 0 saturated heterocycles. The van der Waals surface area contributed by atoms with E-state index in [1.807, 2.05) is 41.1 Å². The maximum Gasteiger partial charge on any atom is 0.308 e. The fourth-order valence-electron chi connectivity index (χ4n) is 2.32. The number of methoxy groups -OCH3 is 2. The van der Waals surface area contributed by atoms with Crippen molar-refractivity contribution in [3.8, 4) is 11.8 Å². The normalized spacial score (nSPS) is 11.5. The third-order valence-corrected chi connectivity index (χ3v) is 4.39. The molecule has 0 fully saturated rings. The molecule has 144 valence electrons. The Kier molecular flexibility index (Phi) is 9.60. The molecule has 2 aromatic rings. The Morgan fingerprint density at radius 1 is 1.15 bits per heavy atom. The van der Waals surface area contributed by atoms with Gasteiger partial charge in [-0.05, 0) is 35.6 Å². The smallest absolute Gasteiger partial charge is 0.308 e. The molecule has 1 atom stereocenters. The largest absolute Gasteiger partial charge is 0.469 e. The summed E-state index contributed by atoms with van der Waals surface area (Å²) in [6.07, 6.45) is 0.395. The van der Waals surface area contributed by atoms with Crippen molar-refractivity contribution >= 4 is 17.3 Å². The molecule has 0 radical (unpaired) electrons. The number of thiophene rings is 1. The van der Waals surface area contributed by atoms with Crippen LogP contribution >= 0.6 is 11.3 Å². The number of hydrogen-bond acceptors (Lipinski definition) is 6. The molecule has 27 heavy (non-hydrogen) atoms. The van der Waals surface area contributed by atoms with Gasteiger partial charge in [0, 0.05) is 23.6 Å². The van der Waals surface area contributed by atoms with Crippen molar-refractivity contribution < 1.29 is 23.7 Å². The summed E-state index contributed by atoms with van der Waals surface area (Å²) in [5.41, 5.74) is 2.97. The van der Waals surface area contributed by atoms with Gasteiger partial charge in [0.15, 0.2) is 0 Å². The Morgan fingerprint density at radius 2 is 2.00 bits per heavy atom. The van der Waals surface area contributed by atoms with Gasteiger partial charge in [-0.1, -0.05) is 24.0 Å². The molecule has 6 heteroatoms. The van der Waals surface area contributed by atoms with E-state index in [1.165, 1.54) is 7.11 Å². The number of benzene rings is 1. The van der Waals surface area contributed by atoms with E-state index in [1.54, 1.807) is 18.4 Å². The number of carbonyl (C=O) groups is 1. The van der Waals surface area contributed by atoms with Gasteiger partial charge in [-0.15, -0.1) is 0 Å². The Morgan fingerprint density at radius 3 is 2.74 bits per heavy atom. The Labute approximate surface area is 164 Å². The summed E-state index contributed by atoms with van der Waals surface area (Å²) < 4.78 is 20.7. The van der Waals surface area contributed by atoms with Crippen molar-refractivity contribution in [1.82, 2.24) is 0 Å². The molecule has 0 unspecified atom stereocenters. The molecular formula is C21H24O5S. The fraction of sp³-hybridized carbons (Fsp3) is 0.381. The topological polar surface area (TPSA) is 54.0 Å². The highest BCUT2D eigenvalue weighted by atomic mass is 32.1. The van der Waals surface area contributed by atoms with Crippen molar-refractivity contribution in [2.45, 2.75) is 18.9 Å². The third-order valence-electron chi connectivity index (χ3n) is 3.70. The number of rotatable bonds is 10. The highest BCUT2D eigenvalue weighted by Crippen LogP contribution is 2.13. The van der Waals surface area contributed by atoms with Gasteiger partial charge in [-0.2, -0.15) is 11.3 Å². The lowest BCUT2D eigenvalue weighted by Gasteiger charge is -2.17. The number of carbonyl (C=O) groups excluding carboxylic acids is 1. The van der Waals surface area contributed by atoms with E-state index in [-0.39, 0.29) is 25.3 Å². The van der Waals surface area contributed by atoms with Crippen molar-refractivity contribution in [3.63, 3.8) is 0 Å². The zero-order chi connectivity index (χ0) is 19.3. The van der Waals surface area contributed by atoms with Gasteiger partial charge in [0.1, 0.15) is 6.79 Å². The van der Waals surface area contributed by atoms with Crippen LogP contribution in [-0.4, -0.2) is 46.3 Å². The van der Waals surface area contributed by atoms with Gasteiger partial charge in [-0.25, -0.2) is 0 Å². The van der Waals surface area contributed by atoms with E-state index in [0.717, 1.165) is 16.7 Å². The number of ether oxygens (including phenoxy) is 4. The van der Waals surface area contributed by atoms with Crippen molar-refractivity contribution in [3.05, 3.63) is 57.8 Å². The molecule has 0 aliphatic rings. The molecule has 0 aliphatic carbocycles. The van der Waals surface area contributed by atoms with Gasteiger partial charge in [0.05, 0.1) is 32.8 Å². The lowest BCUT2D eigenvalue weighted by molar-refractivity contribution is -0.148. The van der Waals surface area contributed by atoms with Crippen LogP contribution in [0.3, 0.4) is 0 Å². The van der Waals surface area contributed by atoms with Crippen LogP contribution in [0.1, 0.15) is 23.1 Å². The van der Waals surface area contributed by atoms with Gasteiger partial charge < -0.3 is 18.9 Å². The second kappa shape index (κ2) is 12.3. The first-order valence-electron chi connectivity index (χ1n) is 8.59. The van der Waals surface area contributed by atoms with Crippen molar-refractivity contribution in [1.29, 1.82) is 0 Å². The van der Waals surface area contributed by atoms with Crippen molar-refractivity contribution in [2.24, 2.45) is 0 Å². The monoisotopic (exact) mass is 388 g/mol. The van der Waals surface area contributed by atoms with Gasteiger partial charge in [0.25, 0.3) is 0 Å². The Balaban J connectivity index is 1.97. The summed E-state index contributed by atoms with van der Waals surface area (Å²) >= 11 is 1.62. The molecule has 0 saturated carbocycles. The minimum atomic E-state index is -0.333. The third kappa shape index (κ3) is 8.37. The second-order valence-electron chi connectivity index (χ2n) is 5.75. The standard InChI is InChI=1S/C21H24O5S/c1-23-9-10-25-16-26-20(14-21(22)24-2)13-19-5-3-4-17(12-19)6-7-18-8-11-27-15-18/h3-5,8,11-12,15,20H,9-10,13-14,16H2,1-2H3/t20-/m0/s1. The molecule has 1 heterocycles. The van der Waals surface area contributed by atoms with Crippen LogP contribution in [0.4, 0.5) is 0 Å². The van der Waals surface area contributed by atoms with E-state index < -0.39 is 0 Å². The van der Waals surface area contributed by atoms with Crippen LogP contribution in [-0.2, 0) is 30.2 Å². The summed E-state index contributed by atoms with van der Waals surface area (Å²) in [5.74, 6) is 5.99. The van der Waals surface area contributed by atoms with E-state index in [9.17, 15) is 4.79 Å². The fourth-order valence-corrected chi connectivity index (χ4v) is 2.91. The summed E-state index contributed by atoms with van der Waals surface area (Å²) in [6, 6.07) is 9.92. The molecular weight excluding hydrogens is 364 g/mol. The van der Waals surface area contributed by atoms with Gasteiger partial charge in [0.2, 0.25) is 0 Å². The summed E-state index contributed by atoms with van der Waals surface area (Å²) in [5, 5.41) is 4.02. The zero-order valence-corrected chi connectivity index (χ0v) is 16.4. The average molecular weight is 388 g/mol. The van der Waals surface area contributed by atoms with Crippen LogP contribution in [0.5, 0.6) is 0 Å².